The number of furan rings is 1. The summed E-state index contributed by atoms with van der Waals surface area (Å²) in [6, 6.07) is 3.03. The molecule has 84 valence electrons. The van der Waals surface area contributed by atoms with Crippen molar-refractivity contribution in [2.75, 3.05) is 20.3 Å². The third-order valence-corrected chi connectivity index (χ3v) is 1.93. The van der Waals surface area contributed by atoms with Gasteiger partial charge < -0.3 is 19.6 Å². The highest BCUT2D eigenvalue weighted by Gasteiger charge is 2.14. The topological polar surface area (TPSA) is 71.7 Å². The number of amides is 1. The van der Waals surface area contributed by atoms with Crippen LogP contribution >= 0.6 is 0 Å². The molecule has 0 radical (unpaired) electrons. The molecular formula is C10H15NO4. The number of hydrogen-bond donors (Lipinski definition) is 2. The predicted molar refractivity (Wildman–Crippen MR) is 53.5 cm³/mol. The highest BCUT2D eigenvalue weighted by atomic mass is 16.5. The highest BCUT2D eigenvalue weighted by Crippen LogP contribution is 2.01. The summed E-state index contributed by atoms with van der Waals surface area (Å²) in [4.78, 5) is 11.5. The van der Waals surface area contributed by atoms with Gasteiger partial charge in [-0.3, -0.25) is 4.79 Å². The molecule has 1 heterocycles. The van der Waals surface area contributed by atoms with Gasteiger partial charge in [-0.1, -0.05) is 0 Å². The summed E-state index contributed by atoms with van der Waals surface area (Å²) in [5.74, 6) is -0.0375. The van der Waals surface area contributed by atoms with E-state index in [2.05, 4.69) is 5.32 Å². The van der Waals surface area contributed by atoms with Crippen LogP contribution in [0.2, 0.25) is 0 Å². The molecule has 0 aliphatic rings. The van der Waals surface area contributed by atoms with Crippen molar-refractivity contribution in [1.29, 1.82) is 0 Å². The number of carbonyl (C=O) groups excluding carboxylic acids is 1. The first-order chi connectivity index (χ1) is 7.27. The molecule has 0 bridgehead atoms. The molecule has 1 aromatic heterocycles. The Bertz CT molecular complexity index is 278. The van der Waals surface area contributed by atoms with Gasteiger partial charge in [-0.05, 0) is 18.6 Å². The maximum Gasteiger partial charge on any atom is 0.287 e. The van der Waals surface area contributed by atoms with Gasteiger partial charge >= 0.3 is 0 Å². The molecule has 2 N–H and O–H groups in total. The van der Waals surface area contributed by atoms with Gasteiger partial charge in [0.2, 0.25) is 0 Å². The Hall–Kier alpha value is -1.33. The van der Waals surface area contributed by atoms with Crippen LogP contribution in [-0.4, -0.2) is 37.4 Å². The lowest BCUT2D eigenvalue weighted by Crippen LogP contribution is -2.38. The van der Waals surface area contributed by atoms with Gasteiger partial charge in [0.15, 0.2) is 5.76 Å². The van der Waals surface area contributed by atoms with Gasteiger partial charge in [0.25, 0.3) is 5.91 Å². The smallest absolute Gasteiger partial charge is 0.287 e. The Morgan fingerprint density at radius 3 is 3.07 bits per heavy atom. The van der Waals surface area contributed by atoms with Gasteiger partial charge in [0, 0.05) is 13.7 Å². The highest BCUT2D eigenvalue weighted by molar-refractivity contribution is 5.91. The molecule has 0 spiro atoms. The SMILES string of the molecule is COCC(CCO)NC(=O)c1ccco1. The van der Waals surface area contributed by atoms with Crippen LogP contribution in [0.5, 0.6) is 0 Å². The number of aliphatic hydroxyl groups is 1. The number of aliphatic hydroxyl groups excluding tert-OH is 1. The van der Waals surface area contributed by atoms with Crippen LogP contribution in [0.15, 0.2) is 22.8 Å². The van der Waals surface area contributed by atoms with E-state index < -0.39 is 0 Å². The van der Waals surface area contributed by atoms with E-state index in [-0.39, 0.29) is 24.3 Å². The molecule has 15 heavy (non-hydrogen) atoms. The molecule has 1 amide bonds. The summed E-state index contributed by atoms with van der Waals surface area (Å²) in [6.07, 6.45) is 1.90. The molecule has 0 aromatic carbocycles. The quantitative estimate of drug-likeness (QED) is 0.717. The van der Waals surface area contributed by atoms with Crippen LogP contribution in [0.25, 0.3) is 0 Å². The lowest BCUT2D eigenvalue weighted by Gasteiger charge is -2.15. The van der Waals surface area contributed by atoms with E-state index in [1.807, 2.05) is 0 Å². The maximum atomic E-state index is 11.5. The zero-order valence-electron chi connectivity index (χ0n) is 8.60. The van der Waals surface area contributed by atoms with E-state index in [9.17, 15) is 4.79 Å². The van der Waals surface area contributed by atoms with Crippen LogP contribution in [0.3, 0.4) is 0 Å². The normalized spacial score (nSPS) is 12.4. The van der Waals surface area contributed by atoms with Gasteiger partial charge in [-0.25, -0.2) is 0 Å². The largest absolute Gasteiger partial charge is 0.459 e. The molecule has 1 unspecified atom stereocenters. The fourth-order valence-electron chi connectivity index (χ4n) is 1.22. The molecule has 1 rings (SSSR count). The van der Waals surface area contributed by atoms with Crippen molar-refractivity contribution in [1.82, 2.24) is 5.32 Å². The van der Waals surface area contributed by atoms with E-state index in [0.717, 1.165) is 0 Å². The second kappa shape index (κ2) is 6.21. The summed E-state index contributed by atoms with van der Waals surface area (Å²) in [5, 5.41) is 11.5. The molecule has 1 aromatic rings. The maximum absolute atomic E-state index is 11.5. The molecule has 0 saturated carbocycles. The van der Waals surface area contributed by atoms with Gasteiger partial charge in [0.1, 0.15) is 0 Å². The number of carbonyl (C=O) groups is 1. The van der Waals surface area contributed by atoms with Crippen LogP contribution in [-0.2, 0) is 4.74 Å². The molecule has 5 nitrogen and oxygen atoms in total. The fraction of sp³-hybridized carbons (Fsp3) is 0.500. The number of methoxy groups -OCH3 is 1. The Morgan fingerprint density at radius 2 is 2.53 bits per heavy atom. The second-order valence-electron chi connectivity index (χ2n) is 3.12. The Morgan fingerprint density at radius 1 is 1.73 bits per heavy atom. The van der Waals surface area contributed by atoms with Crippen molar-refractivity contribution >= 4 is 5.91 Å². The first-order valence-corrected chi connectivity index (χ1v) is 4.72. The van der Waals surface area contributed by atoms with Crippen LogP contribution < -0.4 is 5.32 Å². The van der Waals surface area contributed by atoms with Gasteiger partial charge in [0.05, 0.1) is 18.9 Å². The molecular weight excluding hydrogens is 198 g/mol. The second-order valence-corrected chi connectivity index (χ2v) is 3.12. The fourth-order valence-corrected chi connectivity index (χ4v) is 1.22. The zero-order chi connectivity index (χ0) is 11.1. The van der Waals surface area contributed by atoms with Crippen molar-refractivity contribution in [2.24, 2.45) is 0 Å². The minimum Gasteiger partial charge on any atom is -0.459 e. The molecule has 0 aliphatic heterocycles. The van der Waals surface area contributed by atoms with E-state index in [4.69, 9.17) is 14.3 Å². The average molecular weight is 213 g/mol. The molecule has 5 heteroatoms. The Kier molecular flexibility index (Phi) is 4.86. The van der Waals surface area contributed by atoms with E-state index in [0.29, 0.717) is 13.0 Å². The van der Waals surface area contributed by atoms with Crippen molar-refractivity contribution in [2.45, 2.75) is 12.5 Å². The van der Waals surface area contributed by atoms with Gasteiger partial charge in [-0.2, -0.15) is 0 Å². The van der Waals surface area contributed by atoms with Crippen molar-refractivity contribution in [3.63, 3.8) is 0 Å². The van der Waals surface area contributed by atoms with E-state index in [1.165, 1.54) is 6.26 Å². The Balaban J connectivity index is 2.47. The van der Waals surface area contributed by atoms with Crippen LogP contribution in [0.1, 0.15) is 17.0 Å². The minimum atomic E-state index is -0.296. The summed E-state index contributed by atoms with van der Waals surface area (Å²) < 4.78 is 9.86. The number of hydrogen-bond acceptors (Lipinski definition) is 4. The van der Waals surface area contributed by atoms with E-state index >= 15 is 0 Å². The summed E-state index contributed by atoms with van der Waals surface area (Å²) in [6.45, 7) is 0.374. The molecule has 0 saturated heterocycles. The molecule has 0 aliphatic carbocycles. The molecule has 0 fully saturated rings. The number of rotatable bonds is 6. The summed E-state index contributed by atoms with van der Waals surface area (Å²) in [5.41, 5.74) is 0. The monoisotopic (exact) mass is 213 g/mol. The van der Waals surface area contributed by atoms with Crippen molar-refractivity contribution < 1.29 is 19.1 Å². The number of nitrogens with one attached hydrogen (secondary N) is 1. The standard InChI is InChI=1S/C10H15NO4/c1-14-7-8(4-5-12)11-10(13)9-3-2-6-15-9/h2-3,6,8,12H,4-5,7H2,1H3,(H,11,13). The predicted octanol–water partition coefficient (Wildman–Crippen LogP) is 0.407. The summed E-state index contributed by atoms with van der Waals surface area (Å²) in [7, 11) is 1.55. The van der Waals surface area contributed by atoms with Gasteiger partial charge in [-0.15, -0.1) is 0 Å². The lowest BCUT2D eigenvalue weighted by molar-refractivity contribution is 0.0852. The summed E-state index contributed by atoms with van der Waals surface area (Å²) >= 11 is 0. The minimum absolute atomic E-state index is 0.00641. The third kappa shape index (κ3) is 3.73. The van der Waals surface area contributed by atoms with Crippen molar-refractivity contribution in [3.8, 4) is 0 Å². The number of ether oxygens (including phenoxy) is 1. The first-order valence-electron chi connectivity index (χ1n) is 4.72. The first kappa shape index (κ1) is 11.7. The zero-order valence-corrected chi connectivity index (χ0v) is 8.60. The third-order valence-electron chi connectivity index (χ3n) is 1.93. The van der Waals surface area contributed by atoms with E-state index in [1.54, 1.807) is 19.2 Å². The van der Waals surface area contributed by atoms with Crippen molar-refractivity contribution in [3.05, 3.63) is 24.2 Å². The van der Waals surface area contributed by atoms with Crippen LogP contribution in [0, 0.1) is 0 Å². The van der Waals surface area contributed by atoms with Crippen LogP contribution in [0.4, 0.5) is 0 Å². The average Bonchev–Trinajstić information content (AvgIpc) is 2.71. The molecule has 1 atom stereocenters. The Labute approximate surface area is 88.0 Å². The lowest BCUT2D eigenvalue weighted by atomic mass is 10.2.